The first-order valence-corrected chi connectivity index (χ1v) is 10.4. The number of benzene rings is 1. The summed E-state index contributed by atoms with van der Waals surface area (Å²) < 4.78 is 30.0. The highest BCUT2D eigenvalue weighted by atomic mass is 32.2. The molecule has 1 amide bonds. The van der Waals surface area contributed by atoms with Gasteiger partial charge in [-0.1, -0.05) is 26.0 Å². The van der Waals surface area contributed by atoms with E-state index in [0.29, 0.717) is 26.2 Å². The number of carbonyl (C=O) groups excluding carboxylic acids is 1. The minimum Gasteiger partial charge on any atom is -0.497 e. The highest BCUT2D eigenvalue weighted by molar-refractivity contribution is 7.88. The van der Waals surface area contributed by atoms with Gasteiger partial charge in [-0.05, 0) is 29.5 Å². The van der Waals surface area contributed by atoms with Crippen LogP contribution in [0.3, 0.4) is 0 Å². The predicted molar refractivity (Wildman–Crippen MR) is 96.1 cm³/mol. The Morgan fingerprint density at radius 1 is 1.08 bits per heavy atom. The average Bonchev–Trinajstić information content (AvgIpc) is 3.17. The number of amides is 1. The fourth-order valence-corrected chi connectivity index (χ4v) is 4.79. The van der Waals surface area contributed by atoms with E-state index in [9.17, 15) is 13.2 Å². The van der Waals surface area contributed by atoms with Gasteiger partial charge in [0.15, 0.2) is 0 Å². The first-order chi connectivity index (χ1) is 11.6. The summed E-state index contributed by atoms with van der Waals surface area (Å²) in [6.07, 6.45) is 2.02. The van der Waals surface area contributed by atoms with Gasteiger partial charge >= 0.3 is 0 Å². The standard InChI is InChI=1S/C18H26N2O4S/c1-17(2)13-18(17,14-5-7-15(24-3)8-6-14)16(21)19-9-11-20(12-10-19)25(4,22)23/h5-8H,9-13H2,1-4H3/t18-/m0/s1. The second-order valence-corrected chi connectivity index (χ2v) is 9.63. The number of piperazine rings is 1. The predicted octanol–water partition coefficient (Wildman–Crippen LogP) is 1.47. The van der Waals surface area contributed by atoms with Gasteiger partial charge in [0.1, 0.15) is 5.75 Å². The lowest BCUT2D eigenvalue weighted by Gasteiger charge is -2.36. The molecule has 0 bridgehead atoms. The Hall–Kier alpha value is -1.60. The van der Waals surface area contributed by atoms with Gasteiger partial charge in [0.05, 0.1) is 18.8 Å². The third kappa shape index (κ3) is 3.04. The highest BCUT2D eigenvalue weighted by Gasteiger charge is 2.68. The first-order valence-electron chi connectivity index (χ1n) is 8.51. The number of sulfonamides is 1. The molecular weight excluding hydrogens is 340 g/mol. The summed E-state index contributed by atoms with van der Waals surface area (Å²) in [7, 11) is -1.57. The Balaban J connectivity index is 1.81. The Morgan fingerprint density at radius 3 is 2.00 bits per heavy atom. The van der Waals surface area contributed by atoms with Gasteiger partial charge in [-0.2, -0.15) is 4.31 Å². The number of hydrogen-bond acceptors (Lipinski definition) is 4. The van der Waals surface area contributed by atoms with E-state index in [0.717, 1.165) is 17.7 Å². The van der Waals surface area contributed by atoms with Crippen molar-refractivity contribution in [3.05, 3.63) is 29.8 Å². The van der Waals surface area contributed by atoms with E-state index in [1.165, 1.54) is 10.6 Å². The van der Waals surface area contributed by atoms with E-state index in [1.807, 2.05) is 29.2 Å². The zero-order chi connectivity index (χ0) is 18.5. The van der Waals surface area contributed by atoms with Crippen LogP contribution in [0.1, 0.15) is 25.8 Å². The largest absolute Gasteiger partial charge is 0.497 e. The molecule has 25 heavy (non-hydrogen) atoms. The van der Waals surface area contributed by atoms with Gasteiger partial charge in [0, 0.05) is 26.2 Å². The van der Waals surface area contributed by atoms with Crippen LogP contribution in [0.15, 0.2) is 24.3 Å². The quantitative estimate of drug-likeness (QED) is 0.809. The summed E-state index contributed by atoms with van der Waals surface area (Å²) in [6.45, 7) is 5.84. The zero-order valence-corrected chi connectivity index (χ0v) is 16.1. The molecule has 7 heteroatoms. The van der Waals surface area contributed by atoms with Crippen molar-refractivity contribution in [1.82, 2.24) is 9.21 Å². The lowest BCUT2D eigenvalue weighted by atomic mass is 9.86. The molecule has 2 fully saturated rings. The summed E-state index contributed by atoms with van der Waals surface area (Å²) in [5, 5.41) is 0. The van der Waals surface area contributed by atoms with Crippen LogP contribution in [0, 0.1) is 5.41 Å². The maximum absolute atomic E-state index is 13.3. The summed E-state index contributed by atoms with van der Waals surface area (Å²) in [5.41, 5.74) is 0.382. The van der Waals surface area contributed by atoms with Crippen LogP contribution >= 0.6 is 0 Å². The van der Waals surface area contributed by atoms with Gasteiger partial charge in [0.2, 0.25) is 15.9 Å². The summed E-state index contributed by atoms with van der Waals surface area (Å²) >= 11 is 0. The molecule has 1 aliphatic heterocycles. The number of nitrogens with zero attached hydrogens (tertiary/aromatic N) is 2. The van der Waals surface area contributed by atoms with Crippen LogP contribution in [0.5, 0.6) is 5.75 Å². The molecule has 0 spiro atoms. The molecule has 1 saturated heterocycles. The average molecular weight is 366 g/mol. The molecule has 6 nitrogen and oxygen atoms in total. The Bertz CT molecular complexity index is 765. The SMILES string of the molecule is COc1ccc([C@]2(C(=O)N3CCN(S(C)(=O)=O)CC3)CC2(C)C)cc1. The van der Waals surface area contributed by atoms with Gasteiger partial charge in [-0.3, -0.25) is 4.79 Å². The third-order valence-corrected chi connectivity index (χ3v) is 6.98. The summed E-state index contributed by atoms with van der Waals surface area (Å²) in [6, 6.07) is 7.72. The molecule has 0 aromatic heterocycles. The molecule has 3 rings (SSSR count). The van der Waals surface area contributed by atoms with E-state index < -0.39 is 15.4 Å². The fourth-order valence-electron chi connectivity index (χ4n) is 3.97. The van der Waals surface area contributed by atoms with Gasteiger partial charge in [0.25, 0.3) is 0 Å². The molecule has 0 radical (unpaired) electrons. The highest BCUT2D eigenvalue weighted by Crippen LogP contribution is 2.65. The van der Waals surface area contributed by atoms with Crippen molar-refractivity contribution in [3.63, 3.8) is 0 Å². The summed E-state index contributed by atoms with van der Waals surface area (Å²) in [4.78, 5) is 15.2. The molecule has 1 aliphatic carbocycles. The zero-order valence-electron chi connectivity index (χ0n) is 15.3. The van der Waals surface area contributed by atoms with Crippen LogP contribution in [-0.2, 0) is 20.2 Å². The van der Waals surface area contributed by atoms with E-state index in [2.05, 4.69) is 13.8 Å². The third-order valence-electron chi connectivity index (χ3n) is 5.68. The van der Waals surface area contributed by atoms with Gasteiger partial charge in [-0.15, -0.1) is 0 Å². The molecule has 138 valence electrons. The molecule has 1 aromatic carbocycles. The topological polar surface area (TPSA) is 66.9 Å². The molecule has 1 aromatic rings. The lowest BCUT2D eigenvalue weighted by molar-refractivity contribution is -0.136. The molecule has 0 N–H and O–H groups in total. The van der Waals surface area contributed by atoms with Gasteiger partial charge in [-0.25, -0.2) is 8.42 Å². The second-order valence-electron chi connectivity index (χ2n) is 7.65. The molecule has 1 saturated carbocycles. The number of carbonyl (C=O) groups is 1. The van der Waals surface area contributed by atoms with Crippen LogP contribution in [0.4, 0.5) is 0 Å². The summed E-state index contributed by atoms with van der Waals surface area (Å²) in [5.74, 6) is 0.877. The van der Waals surface area contributed by atoms with E-state index >= 15 is 0 Å². The van der Waals surface area contributed by atoms with Crippen molar-refractivity contribution in [2.24, 2.45) is 5.41 Å². The Labute approximate surface area is 149 Å². The maximum atomic E-state index is 13.3. The lowest BCUT2D eigenvalue weighted by Crippen LogP contribution is -2.53. The minimum absolute atomic E-state index is 0.105. The van der Waals surface area contributed by atoms with Crippen molar-refractivity contribution < 1.29 is 17.9 Å². The van der Waals surface area contributed by atoms with E-state index in [1.54, 1.807) is 7.11 Å². The van der Waals surface area contributed by atoms with E-state index in [-0.39, 0.29) is 11.3 Å². The molecule has 1 atom stereocenters. The van der Waals surface area contributed by atoms with Crippen molar-refractivity contribution in [3.8, 4) is 5.75 Å². The molecule has 2 aliphatic rings. The van der Waals surface area contributed by atoms with Crippen LogP contribution in [0.2, 0.25) is 0 Å². The molecule has 0 unspecified atom stereocenters. The van der Waals surface area contributed by atoms with Crippen molar-refractivity contribution in [2.75, 3.05) is 39.5 Å². The Morgan fingerprint density at radius 2 is 1.60 bits per heavy atom. The fraction of sp³-hybridized carbons (Fsp3) is 0.611. The van der Waals surface area contributed by atoms with Gasteiger partial charge < -0.3 is 9.64 Å². The number of rotatable bonds is 4. The van der Waals surface area contributed by atoms with E-state index in [4.69, 9.17) is 4.74 Å². The van der Waals surface area contributed by atoms with Crippen LogP contribution in [0.25, 0.3) is 0 Å². The second kappa shape index (κ2) is 5.99. The monoisotopic (exact) mass is 366 g/mol. The number of ether oxygens (including phenoxy) is 1. The maximum Gasteiger partial charge on any atom is 0.233 e. The Kier molecular flexibility index (Phi) is 4.36. The van der Waals surface area contributed by atoms with Crippen molar-refractivity contribution in [1.29, 1.82) is 0 Å². The number of methoxy groups -OCH3 is 1. The van der Waals surface area contributed by atoms with Crippen LogP contribution in [-0.4, -0.2) is 63.1 Å². The normalized spacial score (nSPS) is 26.3. The molecular formula is C18H26N2O4S. The smallest absolute Gasteiger partial charge is 0.233 e. The molecule has 1 heterocycles. The number of hydrogen-bond donors (Lipinski definition) is 0. The van der Waals surface area contributed by atoms with Crippen LogP contribution < -0.4 is 4.74 Å². The van der Waals surface area contributed by atoms with Crippen molar-refractivity contribution in [2.45, 2.75) is 25.7 Å². The first kappa shape index (κ1) is 18.2. The van der Waals surface area contributed by atoms with Crippen molar-refractivity contribution >= 4 is 15.9 Å². The minimum atomic E-state index is -3.20.